The number of ether oxygens (including phenoxy) is 2. The molecule has 1 saturated heterocycles. The minimum atomic E-state index is -0.620. The molecule has 4 rings (SSSR count). The number of carbonyl (C=O) groups excluding carboxylic acids is 1. The normalized spacial score (nSPS) is 22.2. The lowest BCUT2D eigenvalue weighted by atomic mass is 9.75. The second-order valence-electron chi connectivity index (χ2n) is 7.99. The molecule has 2 aromatic rings. The lowest BCUT2D eigenvalue weighted by Gasteiger charge is -2.40. The van der Waals surface area contributed by atoms with Crippen LogP contribution in [0.25, 0.3) is 6.08 Å². The fourth-order valence-corrected chi connectivity index (χ4v) is 4.45. The van der Waals surface area contributed by atoms with Crippen molar-refractivity contribution in [3.8, 4) is 11.5 Å². The maximum atomic E-state index is 12.4. The van der Waals surface area contributed by atoms with Crippen LogP contribution in [-0.4, -0.2) is 32.3 Å². The summed E-state index contributed by atoms with van der Waals surface area (Å²) < 4.78 is 10.8. The molecule has 0 saturated carbocycles. The summed E-state index contributed by atoms with van der Waals surface area (Å²) in [7, 11) is 3.28. The second-order valence-corrected chi connectivity index (χ2v) is 7.99. The van der Waals surface area contributed by atoms with Crippen LogP contribution in [0.5, 0.6) is 11.5 Å². The highest BCUT2D eigenvalue weighted by Gasteiger charge is 2.59. The number of nitrogens with one attached hydrogen (secondary N) is 1. The van der Waals surface area contributed by atoms with Gasteiger partial charge in [-0.2, -0.15) is 0 Å². The standard InChI is InChI=1S/C23H26N2O3/c1-15-6-9-19-18(12-15)22(2,3)23(24-21(26)14-25(19)23)11-10-16-7-8-17(27-4)13-20(16)28-5/h6-13H,14H2,1-5H3,(H,24,26). The number of rotatable bonds is 4. The highest BCUT2D eigenvalue weighted by molar-refractivity contribution is 5.91. The van der Waals surface area contributed by atoms with Crippen molar-refractivity contribution in [2.45, 2.75) is 31.8 Å². The van der Waals surface area contributed by atoms with Gasteiger partial charge in [-0.15, -0.1) is 0 Å². The molecule has 0 aliphatic carbocycles. The number of nitrogens with zero attached hydrogens (tertiary/aromatic N) is 1. The molecule has 2 heterocycles. The van der Waals surface area contributed by atoms with Gasteiger partial charge in [-0.1, -0.05) is 37.6 Å². The minimum absolute atomic E-state index is 0.0330. The number of fused-ring (bicyclic) bond motifs is 3. The zero-order valence-corrected chi connectivity index (χ0v) is 17.0. The van der Waals surface area contributed by atoms with E-state index in [0.717, 1.165) is 22.7 Å². The Morgan fingerprint density at radius 2 is 1.89 bits per heavy atom. The molecule has 1 amide bonds. The second kappa shape index (κ2) is 6.30. The Bertz CT molecular complexity index is 980. The first-order valence-corrected chi connectivity index (χ1v) is 9.43. The van der Waals surface area contributed by atoms with E-state index in [-0.39, 0.29) is 11.3 Å². The Balaban J connectivity index is 1.82. The van der Waals surface area contributed by atoms with Crippen LogP contribution in [0, 0.1) is 6.92 Å². The summed E-state index contributed by atoms with van der Waals surface area (Å²) in [5.41, 5.74) is 3.60. The van der Waals surface area contributed by atoms with Crippen molar-refractivity contribution >= 4 is 17.7 Å². The van der Waals surface area contributed by atoms with Gasteiger partial charge in [0.15, 0.2) is 0 Å². The molecule has 28 heavy (non-hydrogen) atoms. The predicted molar refractivity (Wildman–Crippen MR) is 111 cm³/mol. The molecular formula is C23H26N2O3. The van der Waals surface area contributed by atoms with Gasteiger partial charge in [-0.3, -0.25) is 4.79 Å². The number of amides is 1. The number of hydrogen-bond donors (Lipinski definition) is 1. The molecule has 0 radical (unpaired) electrons. The smallest absolute Gasteiger partial charge is 0.241 e. The van der Waals surface area contributed by atoms with Crippen molar-refractivity contribution < 1.29 is 14.3 Å². The number of aryl methyl sites for hydroxylation is 1. The zero-order valence-electron chi connectivity index (χ0n) is 17.0. The number of anilines is 1. The third-order valence-corrected chi connectivity index (χ3v) is 6.07. The zero-order chi connectivity index (χ0) is 20.1. The van der Waals surface area contributed by atoms with Crippen molar-refractivity contribution in [3.63, 3.8) is 0 Å². The van der Waals surface area contributed by atoms with E-state index in [1.165, 1.54) is 11.1 Å². The topological polar surface area (TPSA) is 50.8 Å². The van der Waals surface area contributed by atoms with Gasteiger partial charge in [0.05, 0.1) is 20.8 Å². The van der Waals surface area contributed by atoms with Crippen LogP contribution in [0.1, 0.15) is 30.5 Å². The first-order chi connectivity index (χ1) is 13.3. The summed E-state index contributed by atoms with van der Waals surface area (Å²) in [6.45, 7) is 6.83. The van der Waals surface area contributed by atoms with Gasteiger partial charge >= 0.3 is 0 Å². The Morgan fingerprint density at radius 1 is 1.11 bits per heavy atom. The van der Waals surface area contributed by atoms with Gasteiger partial charge in [0.1, 0.15) is 17.2 Å². The number of carbonyl (C=O) groups is 1. The molecule has 2 aliphatic rings. The van der Waals surface area contributed by atoms with Gasteiger partial charge in [-0.05, 0) is 36.8 Å². The van der Waals surface area contributed by atoms with Crippen LogP contribution in [-0.2, 0) is 10.2 Å². The van der Waals surface area contributed by atoms with Crippen LogP contribution >= 0.6 is 0 Å². The fourth-order valence-electron chi connectivity index (χ4n) is 4.45. The molecule has 0 spiro atoms. The van der Waals surface area contributed by atoms with E-state index in [1.807, 2.05) is 24.3 Å². The third-order valence-electron chi connectivity index (χ3n) is 6.07. The van der Waals surface area contributed by atoms with E-state index in [2.05, 4.69) is 55.3 Å². The molecule has 5 nitrogen and oxygen atoms in total. The fraction of sp³-hybridized carbons (Fsp3) is 0.348. The molecular weight excluding hydrogens is 352 g/mol. The summed E-state index contributed by atoms with van der Waals surface area (Å²) in [5.74, 6) is 1.50. The van der Waals surface area contributed by atoms with E-state index in [4.69, 9.17) is 9.47 Å². The molecule has 2 aliphatic heterocycles. The van der Waals surface area contributed by atoms with E-state index in [0.29, 0.717) is 6.54 Å². The summed E-state index contributed by atoms with van der Waals surface area (Å²) in [6, 6.07) is 12.2. The lowest BCUT2D eigenvalue weighted by molar-refractivity contribution is -0.118. The Hall–Kier alpha value is -2.95. The lowest BCUT2D eigenvalue weighted by Crippen LogP contribution is -2.58. The maximum Gasteiger partial charge on any atom is 0.241 e. The Kier molecular flexibility index (Phi) is 4.14. The summed E-state index contributed by atoms with van der Waals surface area (Å²) >= 11 is 0. The van der Waals surface area contributed by atoms with Crippen molar-refractivity contribution in [1.29, 1.82) is 0 Å². The van der Waals surface area contributed by atoms with Crippen molar-refractivity contribution in [1.82, 2.24) is 5.32 Å². The maximum absolute atomic E-state index is 12.4. The molecule has 1 unspecified atom stereocenters. The van der Waals surface area contributed by atoms with E-state index in [9.17, 15) is 4.79 Å². The first-order valence-electron chi connectivity index (χ1n) is 9.43. The quantitative estimate of drug-likeness (QED) is 0.882. The van der Waals surface area contributed by atoms with E-state index in [1.54, 1.807) is 14.2 Å². The van der Waals surface area contributed by atoms with Crippen LogP contribution in [0.4, 0.5) is 5.69 Å². The van der Waals surface area contributed by atoms with Gasteiger partial charge in [-0.25, -0.2) is 0 Å². The minimum Gasteiger partial charge on any atom is -0.497 e. The largest absolute Gasteiger partial charge is 0.497 e. The van der Waals surface area contributed by atoms with Gasteiger partial charge in [0.2, 0.25) is 5.91 Å². The highest BCUT2D eigenvalue weighted by atomic mass is 16.5. The van der Waals surface area contributed by atoms with Gasteiger partial charge < -0.3 is 19.7 Å². The van der Waals surface area contributed by atoms with Crippen LogP contribution in [0.2, 0.25) is 0 Å². The summed E-state index contributed by atoms with van der Waals surface area (Å²) in [6.07, 6.45) is 4.12. The van der Waals surface area contributed by atoms with Crippen molar-refractivity contribution in [3.05, 3.63) is 59.2 Å². The molecule has 1 N–H and O–H groups in total. The Morgan fingerprint density at radius 3 is 2.61 bits per heavy atom. The average Bonchev–Trinajstić information content (AvgIpc) is 3.10. The van der Waals surface area contributed by atoms with E-state index >= 15 is 0 Å². The van der Waals surface area contributed by atoms with Crippen molar-refractivity contribution in [2.75, 3.05) is 25.7 Å². The number of hydrogen-bond acceptors (Lipinski definition) is 4. The molecule has 2 aromatic carbocycles. The molecule has 146 valence electrons. The average molecular weight is 378 g/mol. The molecule has 5 heteroatoms. The molecule has 0 bridgehead atoms. The van der Waals surface area contributed by atoms with Crippen LogP contribution < -0.4 is 19.7 Å². The van der Waals surface area contributed by atoms with Crippen LogP contribution in [0.15, 0.2) is 42.5 Å². The SMILES string of the molecule is COc1ccc(C=CC23NC(=O)CN2c2ccc(C)cc2C3(C)C)c(OC)c1. The monoisotopic (exact) mass is 378 g/mol. The van der Waals surface area contributed by atoms with Crippen LogP contribution in [0.3, 0.4) is 0 Å². The van der Waals surface area contributed by atoms with Crippen molar-refractivity contribution in [2.24, 2.45) is 0 Å². The molecule has 1 fully saturated rings. The van der Waals surface area contributed by atoms with Gasteiger partial charge in [0.25, 0.3) is 0 Å². The third kappa shape index (κ3) is 2.49. The van der Waals surface area contributed by atoms with E-state index < -0.39 is 5.66 Å². The Labute approximate surface area is 165 Å². The number of benzene rings is 2. The highest BCUT2D eigenvalue weighted by Crippen LogP contribution is 2.53. The predicted octanol–water partition coefficient (Wildman–Crippen LogP) is 3.65. The van der Waals surface area contributed by atoms with Gasteiger partial charge in [0, 0.05) is 22.7 Å². The number of methoxy groups -OCH3 is 2. The molecule has 1 atom stereocenters. The molecule has 0 aromatic heterocycles. The first kappa shape index (κ1) is 18.4. The summed E-state index contributed by atoms with van der Waals surface area (Å²) in [4.78, 5) is 14.6. The summed E-state index contributed by atoms with van der Waals surface area (Å²) in [5, 5.41) is 3.25.